The van der Waals surface area contributed by atoms with Gasteiger partial charge in [0.25, 0.3) is 5.91 Å². The summed E-state index contributed by atoms with van der Waals surface area (Å²) in [5.41, 5.74) is -2.82. The zero-order valence-electron chi connectivity index (χ0n) is 34.1. The Kier molecular flexibility index (Phi) is 10.5. The van der Waals surface area contributed by atoms with Crippen LogP contribution in [0.25, 0.3) is 11.0 Å². The maximum atomic E-state index is 15.1. The first-order valence-electron chi connectivity index (χ1n) is 19.6. The zero-order chi connectivity index (χ0) is 42.3. The first-order chi connectivity index (χ1) is 27.0. The molecule has 1 aromatic heterocycles. The van der Waals surface area contributed by atoms with E-state index in [1.54, 1.807) is 26.0 Å². The van der Waals surface area contributed by atoms with Crippen molar-refractivity contribution in [2.75, 3.05) is 38.7 Å². The van der Waals surface area contributed by atoms with Crippen LogP contribution in [0.15, 0.2) is 39.5 Å². The van der Waals surface area contributed by atoms with Crippen LogP contribution in [-0.2, 0) is 25.5 Å². The summed E-state index contributed by atoms with van der Waals surface area (Å²) in [7, 11) is 3.73. The summed E-state index contributed by atoms with van der Waals surface area (Å²) >= 11 is 14.4. The molecular formula is C43H51Cl2N3O10. The van der Waals surface area contributed by atoms with Gasteiger partial charge < -0.3 is 39.3 Å². The number of hydrogen-bond donors (Lipinski definition) is 3. The lowest BCUT2D eigenvalue weighted by Crippen LogP contribution is -2.73. The number of carbonyl (C=O) groups excluding carboxylic acids is 4. The van der Waals surface area contributed by atoms with Crippen molar-refractivity contribution in [3.8, 4) is 11.5 Å². The lowest BCUT2D eigenvalue weighted by molar-refractivity contribution is -0.174. The predicted octanol–water partition coefficient (Wildman–Crippen LogP) is 5.61. The number of ketones is 2. The topological polar surface area (TPSA) is 174 Å². The summed E-state index contributed by atoms with van der Waals surface area (Å²) in [5, 5.41) is 16.4. The molecule has 0 spiro atoms. The lowest BCUT2D eigenvalue weighted by Gasteiger charge is -2.58. The van der Waals surface area contributed by atoms with Crippen molar-refractivity contribution < 1.29 is 42.9 Å². The van der Waals surface area contributed by atoms with Gasteiger partial charge in [-0.15, -0.1) is 23.2 Å². The zero-order valence-corrected chi connectivity index (χ0v) is 35.6. The third-order valence-electron chi connectivity index (χ3n) is 13.1. The Balaban J connectivity index is 1.06. The molecule has 2 amide bonds. The maximum absolute atomic E-state index is 15.1. The van der Waals surface area contributed by atoms with Crippen LogP contribution < -0.4 is 25.9 Å². The standard InChI is InChI=1S/C43H51Cl2N3O10/c1-22-27(49)18-26-35(36(22)55-21-33(51)47-14-13-46-32(50)15-23-16-34(52)56-28-17-24(48(7)8)9-10-25(23)28)38(54)42(45)20-30(44)40(4,5)58-43(42,37(26)53)19-29-39(2,3)31-11-12-41(29,6)57-31/h9-10,16-18,29-31,49H,11-15,19-21H2,1-8H3,(H,46,50)(H,47,51)/t29-,30+,31-,41-,42-,43-/m0/s1. The number of ether oxygens (including phenoxy) is 3. The maximum Gasteiger partial charge on any atom is 0.336 e. The molecule has 4 heterocycles. The lowest BCUT2D eigenvalue weighted by atomic mass is 9.55. The van der Waals surface area contributed by atoms with Gasteiger partial charge in [0.15, 0.2) is 23.8 Å². The van der Waals surface area contributed by atoms with Crippen LogP contribution in [0.1, 0.15) is 92.1 Å². The van der Waals surface area contributed by atoms with Gasteiger partial charge in [-0.05, 0) is 88.5 Å². The van der Waals surface area contributed by atoms with E-state index in [-0.39, 0.29) is 83.9 Å². The fraction of sp³-hybridized carbons (Fsp3) is 0.558. The number of phenols is 1. The number of carbonyl (C=O) groups is 4. The van der Waals surface area contributed by atoms with E-state index in [1.807, 2.05) is 32.0 Å². The predicted molar refractivity (Wildman–Crippen MR) is 219 cm³/mol. The average molecular weight is 841 g/mol. The van der Waals surface area contributed by atoms with E-state index in [4.69, 9.17) is 41.8 Å². The van der Waals surface area contributed by atoms with Crippen molar-refractivity contribution in [3.05, 3.63) is 63.0 Å². The molecule has 3 saturated heterocycles. The minimum atomic E-state index is -1.94. The molecule has 3 fully saturated rings. The molecule has 2 bridgehead atoms. The van der Waals surface area contributed by atoms with Gasteiger partial charge >= 0.3 is 5.63 Å². The number of phenolic OH excluding ortho intramolecular Hbond substituents is 1. The third kappa shape index (κ3) is 6.75. The van der Waals surface area contributed by atoms with Gasteiger partial charge in [-0.2, -0.15) is 0 Å². The summed E-state index contributed by atoms with van der Waals surface area (Å²) in [4.78, 5) is 68.1. The summed E-state index contributed by atoms with van der Waals surface area (Å²) in [5.74, 6) is -2.83. The quantitative estimate of drug-likeness (QED) is 0.124. The number of halogens is 2. The number of nitrogens with zero attached hydrogens (tertiary/aromatic N) is 1. The Hall–Kier alpha value is -4.17. The van der Waals surface area contributed by atoms with Gasteiger partial charge in [-0.1, -0.05) is 13.8 Å². The monoisotopic (exact) mass is 839 g/mol. The van der Waals surface area contributed by atoms with E-state index >= 15 is 4.79 Å². The normalized spacial score (nSPS) is 29.2. The molecule has 0 saturated carbocycles. The molecule has 3 N–H and O–H groups in total. The van der Waals surface area contributed by atoms with Gasteiger partial charge in [0.2, 0.25) is 5.91 Å². The number of alkyl halides is 2. The number of hydrogen-bond acceptors (Lipinski definition) is 11. The third-order valence-corrected chi connectivity index (χ3v) is 14.4. The molecule has 3 aliphatic heterocycles. The molecule has 6 atom stereocenters. The van der Waals surface area contributed by atoms with Crippen molar-refractivity contribution in [2.45, 2.75) is 107 Å². The number of nitrogens with one attached hydrogen (secondary N) is 2. The van der Waals surface area contributed by atoms with Gasteiger partial charge in [0.05, 0.1) is 34.7 Å². The second kappa shape index (κ2) is 14.5. The summed E-state index contributed by atoms with van der Waals surface area (Å²) in [6.07, 6.45) is 1.55. The van der Waals surface area contributed by atoms with Crippen molar-refractivity contribution in [1.82, 2.24) is 10.6 Å². The Bertz CT molecular complexity index is 2280. The van der Waals surface area contributed by atoms with E-state index in [1.165, 1.54) is 19.1 Å². The number of fused-ring (bicyclic) bond motifs is 5. The number of benzene rings is 2. The summed E-state index contributed by atoms with van der Waals surface area (Å²) in [6, 6.07) is 7.92. The van der Waals surface area contributed by atoms with Crippen LogP contribution in [0.3, 0.4) is 0 Å². The van der Waals surface area contributed by atoms with E-state index in [2.05, 4.69) is 24.5 Å². The first kappa shape index (κ1) is 42.0. The van der Waals surface area contributed by atoms with E-state index < -0.39 is 56.8 Å². The summed E-state index contributed by atoms with van der Waals surface area (Å²) < 4.78 is 24.6. The summed E-state index contributed by atoms with van der Waals surface area (Å²) in [6.45, 7) is 10.8. The molecule has 1 aliphatic carbocycles. The second-order valence-corrected chi connectivity index (χ2v) is 19.0. The minimum absolute atomic E-state index is 0.0326. The first-order valence-corrected chi connectivity index (χ1v) is 20.4. The highest BCUT2D eigenvalue weighted by atomic mass is 35.5. The number of amides is 2. The highest BCUT2D eigenvalue weighted by molar-refractivity contribution is 6.45. The van der Waals surface area contributed by atoms with Gasteiger partial charge in [0.1, 0.15) is 22.0 Å². The number of anilines is 1. The van der Waals surface area contributed by atoms with Crippen LogP contribution in [0, 0.1) is 18.3 Å². The highest BCUT2D eigenvalue weighted by Crippen LogP contribution is 2.64. The number of Topliss-reactive ketones (excluding diaryl/α,β-unsaturated/α-hetero) is 2. The number of aromatic hydroxyl groups is 1. The number of rotatable bonds is 11. The molecule has 15 heteroatoms. The van der Waals surface area contributed by atoms with Gasteiger partial charge in [-0.25, -0.2) is 4.79 Å². The Morgan fingerprint density at radius 1 is 1.00 bits per heavy atom. The van der Waals surface area contributed by atoms with Gasteiger partial charge in [-0.3, -0.25) is 19.2 Å². The van der Waals surface area contributed by atoms with E-state index in [0.717, 1.165) is 18.5 Å². The van der Waals surface area contributed by atoms with Crippen LogP contribution >= 0.6 is 23.2 Å². The molecule has 13 nitrogen and oxygen atoms in total. The molecule has 2 aromatic carbocycles. The van der Waals surface area contributed by atoms with Crippen LogP contribution in [0.2, 0.25) is 0 Å². The molecule has 4 aliphatic rings. The van der Waals surface area contributed by atoms with Gasteiger partial charge in [0, 0.05) is 61.5 Å². The molecule has 58 heavy (non-hydrogen) atoms. The molecule has 7 rings (SSSR count). The fourth-order valence-electron chi connectivity index (χ4n) is 9.68. The second-order valence-electron chi connectivity index (χ2n) is 17.8. The van der Waals surface area contributed by atoms with Crippen LogP contribution in [0.5, 0.6) is 11.5 Å². The molecule has 312 valence electrons. The molecule has 0 radical (unpaired) electrons. The van der Waals surface area contributed by atoms with E-state index in [9.17, 15) is 24.3 Å². The van der Waals surface area contributed by atoms with Crippen LogP contribution in [0.4, 0.5) is 5.69 Å². The molecule has 3 aromatic rings. The van der Waals surface area contributed by atoms with E-state index in [0.29, 0.717) is 16.5 Å². The Labute approximate surface area is 347 Å². The van der Waals surface area contributed by atoms with Crippen molar-refractivity contribution >= 4 is 63.2 Å². The largest absolute Gasteiger partial charge is 0.508 e. The Morgan fingerprint density at radius 2 is 1.69 bits per heavy atom. The smallest absolute Gasteiger partial charge is 0.336 e. The highest BCUT2D eigenvalue weighted by Gasteiger charge is 2.74. The van der Waals surface area contributed by atoms with Crippen molar-refractivity contribution in [2.24, 2.45) is 11.3 Å². The molecule has 0 unspecified atom stereocenters. The van der Waals surface area contributed by atoms with Crippen molar-refractivity contribution in [1.29, 1.82) is 0 Å². The molecular weight excluding hydrogens is 789 g/mol. The Morgan fingerprint density at radius 3 is 2.34 bits per heavy atom. The minimum Gasteiger partial charge on any atom is -0.508 e. The fourth-order valence-corrected chi connectivity index (χ4v) is 10.5. The average Bonchev–Trinajstić information content (AvgIpc) is 3.63. The SMILES string of the molecule is Cc1c(O)cc2c(c1OCC(=O)NCCNC(=O)Cc1cc(=O)oc3cc(N(C)C)ccc13)C(=O)[C@@]1(Cl)C[C@@H](Cl)C(C)(C)O[C@@]1(C[C@H]1C(C)(C)[C@@H]3CC[C@]1(C)O3)C2=O. The van der Waals surface area contributed by atoms with Crippen molar-refractivity contribution in [3.63, 3.8) is 0 Å². The van der Waals surface area contributed by atoms with Crippen LogP contribution in [-0.4, -0.2) is 95.4 Å².